The van der Waals surface area contributed by atoms with Crippen LogP contribution in [0.2, 0.25) is 0 Å². The number of aryl methyl sites for hydroxylation is 1. The summed E-state index contributed by atoms with van der Waals surface area (Å²) in [7, 11) is 0. The van der Waals surface area contributed by atoms with E-state index in [1.54, 1.807) is 12.1 Å². The van der Waals surface area contributed by atoms with Crippen LogP contribution in [0, 0.1) is 11.3 Å². The van der Waals surface area contributed by atoms with Gasteiger partial charge < -0.3 is 14.9 Å². The normalized spacial score (nSPS) is 14.4. The van der Waals surface area contributed by atoms with Crippen LogP contribution in [0.25, 0.3) is 0 Å². The molecule has 0 atom stereocenters. The zero-order valence-corrected chi connectivity index (χ0v) is 14.7. The van der Waals surface area contributed by atoms with Crippen LogP contribution in [-0.2, 0) is 12.8 Å². The lowest BCUT2D eigenvalue weighted by Gasteiger charge is -2.37. The van der Waals surface area contributed by atoms with Gasteiger partial charge in [0.05, 0.1) is 5.69 Å². The van der Waals surface area contributed by atoms with E-state index in [1.165, 1.54) is 0 Å². The first kappa shape index (κ1) is 17.0. The molecule has 1 aliphatic rings. The molecule has 0 saturated carbocycles. The quantitative estimate of drug-likeness (QED) is 0.924. The molecule has 0 unspecified atom stereocenters. The van der Waals surface area contributed by atoms with Gasteiger partial charge in [-0.05, 0) is 30.5 Å². The Hall–Kier alpha value is -2.81. The minimum Gasteiger partial charge on any atom is -0.508 e. The second-order valence-corrected chi connectivity index (χ2v) is 6.14. The molecule has 1 aliphatic heterocycles. The van der Waals surface area contributed by atoms with Gasteiger partial charge in [0.25, 0.3) is 0 Å². The lowest BCUT2D eigenvalue weighted by atomic mass is 10.0. The fourth-order valence-corrected chi connectivity index (χ4v) is 3.37. The molecule has 25 heavy (non-hydrogen) atoms. The van der Waals surface area contributed by atoms with Crippen LogP contribution in [0.5, 0.6) is 5.75 Å². The van der Waals surface area contributed by atoms with Crippen molar-refractivity contribution in [3.63, 3.8) is 0 Å². The van der Waals surface area contributed by atoms with Gasteiger partial charge in [-0.25, -0.2) is 0 Å². The van der Waals surface area contributed by atoms with Crippen molar-refractivity contribution in [2.45, 2.75) is 26.7 Å². The average Bonchev–Trinajstić information content (AvgIpc) is 2.66. The van der Waals surface area contributed by atoms with Gasteiger partial charge in [0.1, 0.15) is 17.4 Å². The standard InChI is InChI=1S/C19H23N5O/c1-3-16-17(13-20)19(22-21-18(16)4-2)24-10-8-23(9-11-24)14-6-5-7-15(25)12-14/h5-7,12,25H,3-4,8-11H2,1-2H3. The number of hydrogen-bond acceptors (Lipinski definition) is 6. The summed E-state index contributed by atoms with van der Waals surface area (Å²) < 4.78 is 0. The predicted octanol–water partition coefficient (Wildman–Crippen LogP) is 2.51. The van der Waals surface area contributed by atoms with Gasteiger partial charge in [-0.2, -0.15) is 10.4 Å². The van der Waals surface area contributed by atoms with Gasteiger partial charge in [-0.15, -0.1) is 5.10 Å². The third-order valence-electron chi connectivity index (χ3n) is 4.71. The number of rotatable bonds is 4. The molecule has 1 aromatic carbocycles. The fraction of sp³-hybridized carbons (Fsp3) is 0.421. The molecular weight excluding hydrogens is 314 g/mol. The van der Waals surface area contributed by atoms with Gasteiger partial charge in [0.2, 0.25) is 0 Å². The minimum atomic E-state index is 0.278. The number of aromatic hydroxyl groups is 1. The Bertz CT molecular complexity index is 791. The molecule has 3 rings (SSSR count). The molecule has 6 nitrogen and oxygen atoms in total. The van der Waals surface area contributed by atoms with E-state index in [4.69, 9.17) is 0 Å². The highest BCUT2D eigenvalue weighted by Gasteiger charge is 2.23. The number of benzene rings is 1. The highest BCUT2D eigenvalue weighted by Crippen LogP contribution is 2.26. The smallest absolute Gasteiger partial charge is 0.169 e. The van der Waals surface area contributed by atoms with Crippen molar-refractivity contribution in [1.29, 1.82) is 5.26 Å². The summed E-state index contributed by atoms with van der Waals surface area (Å²) in [5, 5.41) is 28.0. The van der Waals surface area contributed by atoms with Crippen LogP contribution < -0.4 is 9.80 Å². The van der Waals surface area contributed by atoms with Crippen LogP contribution in [0.3, 0.4) is 0 Å². The summed E-state index contributed by atoms with van der Waals surface area (Å²) in [6.07, 6.45) is 1.58. The van der Waals surface area contributed by atoms with E-state index in [2.05, 4.69) is 33.0 Å². The van der Waals surface area contributed by atoms with Crippen molar-refractivity contribution >= 4 is 11.5 Å². The zero-order chi connectivity index (χ0) is 17.8. The summed E-state index contributed by atoms with van der Waals surface area (Å²) >= 11 is 0. The molecule has 1 saturated heterocycles. The predicted molar refractivity (Wildman–Crippen MR) is 98.0 cm³/mol. The monoisotopic (exact) mass is 337 g/mol. The molecule has 0 aliphatic carbocycles. The second kappa shape index (κ2) is 7.39. The maximum absolute atomic E-state index is 9.66. The maximum atomic E-state index is 9.66. The molecule has 0 spiro atoms. The number of phenolic OH excluding ortho intramolecular Hbond substituents is 1. The van der Waals surface area contributed by atoms with E-state index in [0.717, 1.165) is 56.0 Å². The number of nitriles is 1. The van der Waals surface area contributed by atoms with E-state index in [0.29, 0.717) is 11.4 Å². The van der Waals surface area contributed by atoms with E-state index in [9.17, 15) is 10.4 Å². The topological polar surface area (TPSA) is 76.3 Å². The molecule has 130 valence electrons. The SMILES string of the molecule is CCc1nnc(N2CCN(c3cccc(O)c3)CC2)c(C#N)c1CC. The van der Waals surface area contributed by atoms with Gasteiger partial charge in [0.15, 0.2) is 5.82 Å². The van der Waals surface area contributed by atoms with E-state index >= 15 is 0 Å². The van der Waals surface area contributed by atoms with Crippen LogP contribution in [0.4, 0.5) is 11.5 Å². The molecule has 2 aromatic rings. The van der Waals surface area contributed by atoms with Crippen molar-refractivity contribution in [2.75, 3.05) is 36.0 Å². The summed E-state index contributed by atoms with van der Waals surface area (Å²) in [5.41, 5.74) is 3.62. The Kier molecular flexibility index (Phi) is 5.03. The van der Waals surface area contributed by atoms with Crippen LogP contribution in [0.15, 0.2) is 24.3 Å². The van der Waals surface area contributed by atoms with Gasteiger partial charge in [-0.1, -0.05) is 19.9 Å². The van der Waals surface area contributed by atoms with Crippen molar-refractivity contribution < 1.29 is 5.11 Å². The van der Waals surface area contributed by atoms with E-state index in [-0.39, 0.29) is 5.75 Å². The van der Waals surface area contributed by atoms with Crippen molar-refractivity contribution in [2.24, 2.45) is 0 Å². The van der Waals surface area contributed by atoms with Gasteiger partial charge in [-0.3, -0.25) is 0 Å². The molecule has 0 amide bonds. The summed E-state index contributed by atoms with van der Waals surface area (Å²) in [6.45, 7) is 7.26. The number of phenols is 1. The van der Waals surface area contributed by atoms with E-state index in [1.807, 2.05) is 19.1 Å². The Balaban J connectivity index is 1.80. The number of hydrogen-bond donors (Lipinski definition) is 1. The second-order valence-electron chi connectivity index (χ2n) is 6.14. The summed E-state index contributed by atoms with van der Waals surface area (Å²) in [5.74, 6) is 0.979. The molecule has 1 aromatic heterocycles. The first-order valence-corrected chi connectivity index (χ1v) is 8.75. The first-order valence-electron chi connectivity index (χ1n) is 8.75. The fourth-order valence-electron chi connectivity index (χ4n) is 3.37. The maximum Gasteiger partial charge on any atom is 0.169 e. The largest absolute Gasteiger partial charge is 0.508 e. The lowest BCUT2D eigenvalue weighted by Crippen LogP contribution is -2.47. The van der Waals surface area contributed by atoms with Gasteiger partial charge in [0, 0.05) is 37.9 Å². The third-order valence-corrected chi connectivity index (χ3v) is 4.71. The molecular formula is C19H23N5O. The number of anilines is 2. The molecule has 1 N–H and O–H groups in total. The highest BCUT2D eigenvalue weighted by molar-refractivity contribution is 5.59. The Morgan fingerprint density at radius 3 is 2.40 bits per heavy atom. The number of aromatic nitrogens is 2. The number of nitrogens with zero attached hydrogens (tertiary/aromatic N) is 5. The Labute approximate surface area is 148 Å². The van der Waals surface area contributed by atoms with Crippen molar-refractivity contribution in [3.05, 3.63) is 41.1 Å². The third kappa shape index (κ3) is 3.36. The number of piperazine rings is 1. The molecule has 0 bridgehead atoms. The van der Waals surface area contributed by atoms with Crippen molar-refractivity contribution in [1.82, 2.24) is 10.2 Å². The zero-order valence-electron chi connectivity index (χ0n) is 14.7. The van der Waals surface area contributed by atoms with Crippen LogP contribution >= 0.6 is 0 Å². The Morgan fingerprint density at radius 1 is 1.08 bits per heavy atom. The first-order chi connectivity index (χ1) is 12.2. The molecule has 2 heterocycles. The minimum absolute atomic E-state index is 0.278. The average molecular weight is 337 g/mol. The summed E-state index contributed by atoms with van der Waals surface area (Å²) in [6, 6.07) is 9.66. The molecule has 1 fully saturated rings. The van der Waals surface area contributed by atoms with Crippen LogP contribution in [-0.4, -0.2) is 41.5 Å². The van der Waals surface area contributed by atoms with Gasteiger partial charge >= 0.3 is 0 Å². The van der Waals surface area contributed by atoms with Crippen LogP contribution in [0.1, 0.15) is 30.7 Å². The van der Waals surface area contributed by atoms with E-state index < -0.39 is 0 Å². The highest BCUT2D eigenvalue weighted by atomic mass is 16.3. The molecule has 0 radical (unpaired) electrons. The summed E-state index contributed by atoms with van der Waals surface area (Å²) in [4.78, 5) is 4.38. The Morgan fingerprint density at radius 2 is 1.80 bits per heavy atom. The lowest BCUT2D eigenvalue weighted by molar-refractivity contribution is 0.475. The van der Waals surface area contributed by atoms with Crippen molar-refractivity contribution in [3.8, 4) is 11.8 Å². The molecule has 6 heteroatoms.